The van der Waals surface area contributed by atoms with Gasteiger partial charge >= 0.3 is 0 Å². The second kappa shape index (κ2) is 10.3. The summed E-state index contributed by atoms with van der Waals surface area (Å²) in [5.41, 5.74) is 0.00888. The van der Waals surface area contributed by atoms with Gasteiger partial charge in [0.05, 0.1) is 12.6 Å². The molecule has 0 aromatic heterocycles. The van der Waals surface area contributed by atoms with Crippen LogP contribution in [0.4, 0.5) is 8.78 Å². The number of hydrogen-bond acceptors (Lipinski definition) is 3. The molecule has 0 radical (unpaired) electrons. The molecule has 1 N–H and O–H groups in total. The Bertz CT molecular complexity index is 857. The number of nitrogens with zero attached hydrogens (tertiary/aromatic N) is 1. The minimum Gasteiger partial charge on any atom is -0.383 e. The Kier molecular flexibility index (Phi) is 7.79. The Balaban J connectivity index is 2.05. The van der Waals surface area contributed by atoms with E-state index in [0.29, 0.717) is 12.6 Å². The maximum atomic E-state index is 14.3. The highest BCUT2D eigenvalue weighted by molar-refractivity contribution is 5.95. The Hall–Kier alpha value is -2.31. The van der Waals surface area contributed by atoms with Crippen LogP contribution >= 0.6 is 0 Å². The molecule has 3 atom stereocenters. The quantitative estimate of drug-likeness (QED) is 0.601. The largest absolute Gasteiger partial charge is 0.383 e. The zero-order valence-corrected chi connectivity index (χ0v) is 18.5. The first-order chi connectivity index (χ1) is 15.0. The van der Waals surface area contributed by atoms with E-state index >= 15 is 0 Å². The fourth-order valence-electron chi connectivity index (χ4n) is 5.08. The van der Waals surface area contributed by atoms with Crippen LogP contribution in [-0.2, 0) is 4.74 Å². The number of carbonyl (C=O) groups is 1. The van der Waals surface area contributed by atoms with E-state index in [4.69, 9.17) is 4.74 Å². The third kappa shape index (κ3) is 4.65. The van der Waals surface area contributed by atoms with Gasteiger partial charge in [-0.1, -0.05) is 50.2 Å². The summed E-state index contributed by atoms with van der Waals surface area (Å²) in [5.74, 6) is -2.45. The topological polar surface area (TPSA) is 41.6 Å². The molecule has 0 bridgehead atoms. The molecular formula is C25H32F2N2O2. The molecule has 1 aliphatic rings. The molecule has 4 nitrogen and oxygen atoms in total. The standard InChI is InChI=1S/C25H32F2N2O2/c1-4-19-14-15-25(5-2,29(19)16-17-31-3)23(18-10-7-6-8-11-18)28-24(30)22-20(26)12-9-13-21(22)27/h6-13,19,23H,4-5,14-17H2,1-3H3,(H,28,30). The normalized spacial score (nSPS) is 22.4. The van der Waals surface area contributed by atoms with Gasteiger partial charge in [-0.05, 0) is 43.4 Å². The predicted octanol–water partition coefficient (Wildman–Crippen LogP) is 5.11. The molecular weight excluding hydrogens is 398 g/mol. The zero-order valence-electron chi connectivity index (χ0n) is 18.5. The van der Waals surface area contributed by atoms with E-state index in [1.807, 2.05) is 30.3 Å². The summed E-state index contributed by atoms with van der Waals surface area (Å²) in [7, 11) is 1.68. The van der Waals surface area contributed by atoms with Crippen LogP contribution in [0, 0.1) is 11.6 Å². The van der Waals surface area contributed by atoms with Crippen LogP contribution in [-0.4, -0.2) is 42.6 Å². The van der Waals surface area contributed by atoms with Crippen LogP contribution in [0.2, 0.25) is 0 Å². The van der Waals surface area contributed by atoms with Gasteiger partial charge < -0.3 is 10.1 Å². The van der Waals surface area contributed by atoms with Gasteiger partial charge in [0.2, 0.25) is 0 Å². The molecule has 6 heteroatoms. The molecule has 2 aromatic carbocycles. The molecule has 3 unspecified atom stereocenters. The molecule has 168 valence electrons. The second-order valence-electron chi connectivity index (χ2n) is 8.16. The van der Waals surface area contributed by atoms with E-state index in [1.54, 1.807) is 7.11 Å². The molecule has 1 heterocycles. The van der Waals surface area contributed by atoms with Crippen LogP contribution in [0.25, 0.3) is 0 Å². The van der Waals surface area contributed by atoms with E-state index in [2.05, 4.69) is 24.1 Å². The SMILES string of the molecule is CCC1CCC(CC)(C(NC(=O)c2c(F)cccc2F)c2ccccc2)N1CCOC. The molecule has 1 saturated heterocycles. The number of likely N-dealkylation sites (tertiary alicyclic amines) is 1. The molecule has 1 amide bonds. The zero-order chi connectivity index (χ0) is 22.4. The fraction of sp³-hybridized carbons (Fsp3) is 0.480. The highest BCUT2D eigenvalue weighted by Crippen LogP contribution is 2.46. The summed E-state index contributed by atoms with van der Waals surface area (Å²) in [6.45, 7) is 5.59. The first-order valence-electron chi connectivity index (χ1n) is 11.0. The minimum atomic E-state index is -0.857. The predicted molar refractivity (Wildman–Crippen MR) is 118 cm³/mol. The van der Waals surface area contributed by atoms with E-state index in [1.165, 1.54) is 6.07 Å². The minimum absolute atomic E-state index is 0.364. The Morgan fingerprint density at radius 1 is 1.16 bits per heavy atom. The van der Waals surface area contributed by atoms with Crippen molar-refractivity contribution in [1.29, 1.82) is 0 Å². The molecule has 2 aromatic rings. The molecule has 0 spiro atoms. The van der Waals surface area contributed by atoms with Crippen LogP contribution in [0.3, 0.4) is 0 Å². The molecule has 0 saturated carbocycles. The van der Waals surface area contributed by atoms with Crippen molar-refractivity contribution in [3.8, 4) is 0 Å². The lowest BCUT2D eigenvalue weighted by Crippen LogP contribution is -2.56. The Morgan fingerprint density at radius 3 is 2.42 bits per heavy atom. The van der Waals surface area contributed by atoms with Gasteiger partial charge in [0.15, 0.2) is 0 Å². The summed E-state index contributed by atoms with van der Waals surface area (Å²) in [6, 6.07) is 13.1. The van der Waals surface area contributed by atoms with Crippen molar-refractivity contribution in [2.45, 2.75) is 57.2 Å². The maximum absolute atomic E-state index is 14.3. The van der Waals surface area contributed by atoms with Gasteiger partial charge in [-0.3, -0.25) is 9.69 Å². The van der Waals surface area contributed by atoms with Crippen molar-refractivity contribution in [2.24, 2.45) is 0 Å². The van der Waals surface area contributed by atoms with Gasteiger partial charge in [0, 0.05) is 25.2 Å². The molecule has 1 fully saturated rings. The highest BCUT2D eigenvalue weighted by Gasteiger charge is 2.50. The number of ether oxygens (including phenoxy) is 1. The monoisotopic (exact) mass is 430 g/mol. The van der Waals surface area contributed by atoms with Crippen molar-refractivity contribution >= 4 is 5.91 Å². The van der Waals surface area contributed by atoms with Crippen molar-refractivity contribution < 1.29 is 18.3 Å². The summed E-state index contributed by atoms with van der Waals surface area (Å²) in [4.78, 5) is 15.6. The van der Waals surface area contributed by atoms with E-state index in [0.717, 1.165) is 49.9 Å². The lowest BCUT2D eigenvalue weighted by atomic mass is 9.80. The van der Waals surface area contributed by atoms with Crippen molar-refractivity contribution in [2.75, 3.05) is 20.3 Å². The number of carbonyl (C=O) groups excluding carboxylic acids is 1. The smallest absolute Gasteiger partial charge is 0.257 e. The first kappa shape index (κ1) is 23.4. The van der Waals surface area contributed by atoms with Crippen molar-refractivity contribution in [1.82, 2.24) is 10.2 Å². The average Bonchev–Trinajstić information content (AvgIpc) is 3.14. The summed E-state index contributed by atoms with van der Waals surface area (Å²) in [5, 5.41) is 3.01. The van der Waals surface area contributed by atoms with Crippen molar-refractivity contribution in [3.63, 3.8) is 0 Å². The number of halogens is 2. The third-order valence-corrected chi connectivity index (χ3v) is 6.68. The summed E-state index contributed by atoms with van der Waals surface area (Å²) in [6.07, 6.45) is 3.66. The van der Waals surface area contributed by atoms with Gasteiger partial charge in [-0.25, -0.2) is 8.78 Å². The molecule has 31 heavy (non-hydrogen) atoms. The van der Waals surface area contributed by atoms with E-state index in [9.17, 15) is 13.6 Å². The van der Waals surface area contributed by atoms with E-state index in [-0.39, 0.29) is 5.54 Å². The maximum Gasteiger partial charge on any atom is 0.257 e. The van der Waals surface area contributed by atoms with Crippen LogP contribution in [0.5, 0.6) is 0 Å². The van der Waals surface area contributed by atoms with Gasteiger partial charge in [0.25, 0.3) is 5.91 Å². The Morgan fingerprint density at radius 2 is 1.84 bits per heavy atom. The van der Waals surface area contributed by atoms with Gasteiger partial charge in [-0.2, -0.15) is 0 Å². The number of benzene rings is 2. The lowest BCUT2D eigenvalue weighted by Gasteiger charge is -2.46. The second-order valence-corrected chi connectivity index (χ2v) is 8.16. The number of methoxy groups -OCH3 is 1. The number of nitrogens with one attached hydrogen (secondary N) is 1. The first-order valence-corrected chi connectivity index (χ1v) is 11.0. The third-order valence-electron chi connectivity index (χ3n) is 6.68. The number of rotatable bonds is 9. The molecule has 1 aliphatic heterocycles. The van der Waals surface area contributed by atoms with Crippen LogP contribution in [0.15, 0.2) is 48.5 Å². The van der Waals surface area contributed by atoms with Crippen molar-refractivity contribution in [3.05, 3.63) is 71.3 Å². The summed E-state index contributed by atoms with van der Waals surface area (Å²) >= 11 is 0. The van der Waals surface area contributed by atoms with Crippen LogP contribution in [0.1, 0.15) is 61.5 Å². The van der Waals surface area contributed by atoms with Gasteiger partial charge in [-0.15, -0.1) is 0 Å². The lowest BCUT2D eigenvalue weighted by molar-refractivity contribution is 0.0300. The van der Waals surface area contributed by atoms with Crippen LogP contribution < -0.4 is 5.32 Å². The highest BCUT2D eigenvalue weighted by atomic mass is 19.1. The average molecular weight is 431 g/mol. The van der Waals surface area contributed by atoms with E-state index < -0.39 is 29.1 Å². The number of hydrogen-bond donors (Lipinski definition) is 1. The number of amides is 1. The summed E-state index contributed by atoms with van der Waals surface area (Å²) < 4.78 is 34.1. The van der Waals surface area contributed by atoms with Gasteiger partial charge in [0.1, 0.15) is 17.2 Å². The fourth-order valence-corrected chi connectivity index (χ4v) is 5.08. The molecule has 0 aliphatic carbocycles. The molecule has 3 rings (SSSR count). The Labute approximate surface area is 183 Å².